The van der Waals surface area contributed by atoms with E-state index in [2.05, 4.69) is 0 Å². The van der Waals surface area contributed by atoms with Crippen molar-refractivity contribution in [3.05, 3.63) is 88.7 Å². The number of carbonyl (C=O) groups is 3. The van der Waals surface area contributed by atoms with Crippen LogP contribution in [0.1, 0.15) is 44.9 Å². The van der Waals surface area contributed by atoms with Crippen LogP contribution in [0.5, 0.6) is 0 Å². The van der Waals surface area contributed by atoms with Crippen molar-refractivity contribution in [2.24, 2.45) is 0 Å². The highest BCUT2D eigenvalue weighted by molar-refractivity contribution is 6.00. The van der Waals surface area contributed by atoms with Gasteiger partial charge in [-0.25, -0.2) is 8.78 Å². The van der Waals surface area contributed by atoms with Crippen molar-refractivity contribution in [1.29, 1.82) is 0 Å². The lowest BCUT2D eigenvalue weighted by atomic mass is 10.1. The second kappa shape index (κ2) is 9.47. The van der Waals surface area contributed by atoms with Crippen LogP contribution in [0.3, 0.4) is 0 Å². The molecule has 160 valence electrons. The number of benzene rings is 2. The number of rotatable bonds is 8. The maximum atomic E-state index is 13.2. The van der Waals surface area contributed by atoms with Crippen molar-refractivity contribution in [1.82, 2.24) is 4.57 Å². The molecule has 3 aromatic rings. The monoisotopic (exact) mass is 425 g/mol. The van der Waals surface area contributed by atoms with Crippen LogP contribution in [0.4, 0.5) is 8.78 Å². The largest absolute Gasteiger partial charge is 0.457 e. The minimum Gasteiger partial charge on any atom is -0.457 e. The lowest BCUT2D eigenvalue weighted by Gasteiger charge is -2.10. The lowest BCUT2D eigenvalue weighted by Crippen LogP contribution is -2.15. The van der Waals surface area contributed by atoms with Crippen LogP contribution in [-0.4, -0.2) is 28.7 Å². The highest BCUT2D eigenvalue weighted by Crippen LogP contribution is 2.21. The van der Waals surface area contributed by atoms with Crippen LogP contribution in [0.15, 0.2) is 54.6 Å². The maximum Gasteiger partial charge on any atom is 0.306 e. The topological polar surface area (TPSA) is 65.4 Å². The lowest BCUT2D eigenvalue weighted by molar-refractivity contribution is -0.142. The van der Waals surface area contributed by atoms with Gasteiger partial charge in [0, 0.05) is 34.6 Å². The molecule has 5 nitrogen and oxygen atoms in total. The third-order valence-electron chi connectivity index (χ3n) is 4.90. The second-order valence-electron chi connectivity index (χ2n) is 7.11. The number of nitrogens with zero attached hydrogens (tertiary/aromatic N) is 1. The summed E-state index contributed by atoms with van der Waals surface area (Å²) in [6.45, 7) is 3.13. The summed E-state index contributed by atoms with van der Waals surface area (Å²) in [5.41, 5.74) is 2.85. The predicted octanol–water partition coefficient (Wildman–Crippen LogP) is 4.76. The Labute approximate surface area is 178 Å². The Bertz CT molecular complexity index is 1120. The van der Waals surface area contributed by atoms with Crippen LogP contribution < -0.4 is 0 Å². The Morgan fingerprint density at radius 1 is 0.839 bits per heavy atom. The third kappa shape index (κ3) is 5.31. The fraction of sp³-hybridized carbons (Fsp3) is 0.208. The van der Waals surface area contributed by atoms with E-state index in [1.807, 2.05) is 11.5 Å². The molecule has 0 spiro atoms. The number of aryl methyl sites for hydroxylation is 1. The Morgan fingerprint density at radius 3 is 2.03 bits per heavy atom. The van der Waals surface area contributed by atoms with Crippen LogP contribution in [0, 0.1) is 25.5 Å². The number of halogens is 2. The van der Waals surface area contributed by atoms with Crippen molar-refractivity contribution in [3.8, 4) is 5.69 Å². The first kappa shape index (κ1) is 22.1. The van der Waals surface area contributed by atoms with Gasteiger partial charge >= 0.3 is 5.97 Å². The van der Waals surface area contributed by atoms with E-state index in [1.54, 1.807) is 25.1 Å². The molecule has 1 heterocycles. The number of hydrogen-bond donors (Lipinski definition) is 0. The zero-order valence-electron chi connectivity index (χ0n) is 17.2. The molecule has 7 heteroatoms. The maximum absolute atomic E-state index is 13.2. The van der Waals surface area contributed by atoms with Crippen molar-refractivity contribution in [2.45, 2.75) is 26.7 Å². The van der Waals surface area contributed by atoms with Gasteiger partial charge in [-0.05, 0) is 68.4 Å². The van der Waals surface area contributed by atoms with E-state index in [-0.39, 0.29) is 30.2 Å². The smallest absolute Gasteiger partial charge is 0.306 e. The van der Waals surface area contributed by atoms with E-state index in [4.69, 9.17) is 4.74 Å². The van der Waals surface area contributed by atoms with Gasteiger partial charge < -0.3 is 9.30 Å². The molecule has 0 saturated carbocycles. The second-order valence-corrected chi connectivity index (χ2v) is 7.11. The quantitative estimate of drug-likeness (QED) is 0.386. The van der Waals surface area contributed by atoms with E-state index in [1.165, 1.54) is 36.4 Å². The summed E-state index contributed by atoms with van der Waals surface area (Å²) in [7, 11) is 0. The summed E-state index contributed by atoms with van der Waals surface area (Å²) in [6, 6.07) is 12.6. The van der Waals surface area contributed by atoms with Gasteiger partial charge in [0.25, 0.3) is 0 Å². The number of aromatic nitrogens is 1. The molecule has 1 aromatic heterocycles. The summed E-state index contributed by atoms with van der Waals surface area (Å²) in [5, 5.41) is 0. The van der Waals surface area contributed by atoms with Gasteiger partial charge in [-0.15, -0.1) is 0 Å². The molecular formula is C24H21F2NO4. The Hall–Kier alpha value is -3.61. The van der Waals surface area contributed by atoms with Crippen LogP contribution >= 0.6 is 0 Å². The molecule has 0 radical (unpaired) electrons. The molecule has 0 aliphatic carbocycles. The van der Waals surface area contributed by atoms with E-state index in [9.17, 15) is 23.2 Å². The van der Waals surface area contributed by atoms with Crippen molar-refractivity contribution < 1.29 is 27.9 Å². The van der Waals surface area contributed by atoms with E-state index < -0.39 is 18.4 Å². The van der Waals surface area contributed by atoms with Gasteiger partial charge in [0.05, 0.1) is 6.42 Å². The number of ketones is 2. The summed E-state index contributed by atoms with van der Waals surface area (Å²) in [4.78, 5) is 36.5. The van der Waals surface area contributed by atoms with Gasteiger partial charge in [-0.1, -0.05) is 0 Å². The Morgan fingerprint density at radius 2 is 1.42 bits per heavy atom. The molecule has 2 aromatic carbocycles. The fourth-order valence-corrected chi connectivity index (χ4v) is 3.32. The van der Waals surface area contributed by atoms with Gasteiger partial charge in [0.15, 0.2) is 12.4 Å². The number of ether oxygens (including phenoxy) is 1. The highest BCUT2D eigenvalue weighted by atomic mass is 19.1. The molecular weight excluding hydrogens is 404 g/mol. The van der Waals surface area contributed by atoms with Gasteiger partial charge in [-0.2, -0.15) is 0 Å². The molecule has 0 N–H and O–H groups in total. The summed E-state index contributed by atoms with van der Waals surface area (Å²) < 4.78 is 32.9. The average molecular weight is 425 g/mol. The summed E-state index contributed by atoms with van der Waals surface area (Å²) in [6.07, 6.45) is -0.282. The molecule has 0 bridgehead atoms. The Kier molecular flexibility index (Phi) is 6.74. The molecule has 0 saturated heterocycles. The minimum absolute atomic E-state index is 0.0995. The minimum atomic E-state index is -0.670. The van der Waals surface area contributed by atoms with E-state index in [0.29, 0.717) is 22.5 Å². The number of carbonyl (C=O) groups excluding carboxylic acids is 3. The zero-order valence-corrected chi connectivity index (χ0v) is 17.2. The van der Waals surface area contributed by atoms with Gasteiger partial charge in [-0.3, -0.25) is 14.4 Å². The van der Waals surface area contributed by atoms with E-state index >= 15 is 0 Å². The SMILES string of the molecule is Cc1cc(C(=O)COC(=O)CCC(=O)c2ccc(F)cc2)c(C)n1-c1ccc(F)cc1. The highest BCUT2D eigenvalue weighted by Gasteiger charge is 2.19. The van der Waals surface area contributed by atoms with Crippen molar-refractivity contribution in [3.63, 3.8) is 0 Å². The van der Waals surface area contributed by atoms with Crippen molar-refractivity contribution in [2.75, 3.05) is 6.61 Å². The summed E-state index contributed by atoms with van der Waals surface area (Å²) >= 11 is 0. The first-order valence-electron chi connectivity index (χ1n) is 9.68. The molecule has 0 aliphatic rings. The van der Waals surface area contributed by atoms with Crippen LogP contribution in [0.2, 0.25) is 0 Å². The van der Waals surface area contributed by atoms with Crippen molar-refractivity contribution >= 4 is 17.5 Å². The first-order valence-corrected chi connectivity index (χ1v) is 9.68. The van der Waals surface area contributed by atoms with Crippen LogP contribution in [-0.2, 0) is 9.53 Å². The summed E-state index contributed by atoms with van der Waals surface area (Å²) in [5.74, 6) is -2.16. The molecule has 0 atom stereocenters. The number of hydrogen-bond acceptors (Lipinski definition) is 4. The van der Waals surface area contributed by atoms with E-state index in [0.717, 1.165) is 5.69 Å². The normalized spacial score (nSPS) is 10.7. The average Bonchev–Trinajstić information content (AvgIpc) is 3.05. The van der Waals surface area contributed by atoms with Gasteiger partial charge in [0.1, 0.15) is 11.6 Å². The van der Waals surface area contributed by atoms with Crippen LogP contribution in [0.25, 0.3) is 5.69 Å². The molecule has 31 heavy (non-hydrogen) atoms. The number of Topliss-reactive ketones (excluding diaryl/α,β-unsaturated/α-hetero) is 2. The Balaban J connectivity index is 1.57. The van der Waals surface area contributed by atoms with Gasteiger partial charge in [0.2, 0.25) is 5.78 Å². The number of esters is 1. The molecule has 0 unspecified atom stereocenters. The molecule has 0 fully saturated rings. The molecule has 3 rings (SSSR count). The fourth-order valence-electron chi connectivity index (χ4n) is 3.32. The zero-order chi connectivity index (χ0) is 22.5. The first-order chi connectivity index (χ1) is 14.8. The third-order valence-corrected chi connectivity index (χ3v) is 4.90. The standard InChI is InChI=1S/C24H21F2NO4/c1-15-13-21(16(2)27(15)20-9-7-19(26)8-10-20)23(29)14-31-24(30)12-11-22(28)17-3-5-18(25)6-4-17/h3-10,13H,11-12,14H2,1-2H3. The molecule has 0 aliphatic heterocycles. The molecule has 0 amide bonds. The predicted molar refractivity (Wildman–Crippen MR) is 110 cm³/mol.